The fourth-order valence-corrected chi connectivity index (χ4v) is 3.63. The zero-order valence-electron chi connectivity index (χ0n) is 11.4. The van der Waals surface area contributed by atoms with Crippen LogP contribution in [0.25, 0.3) is 0 Å². The van der Waals surface area contributed by atoms with E-state index in [9.17, 15) is 8.42 Å². The topological polar surface area (TPSA) is 63.4 Å². The van der Waals surface area contributed by atoms with Crippen LogP contribution in [0.2, 0.25) is 0 Å². The molecule has 1 aromatic carbocycles. The molecule has 0 bridgehead atoms. The molecule has 1 aliphatic rings. The fourth-order valence-electron chi connectivity index (χ4n) is 2.73. The van der Waals surface area contributed by atoms with Gasteiger partial charge in [0.1, 0.15) is 0 Å². The first-order valence-electron chi connectivity index (χ1n) is 6.76. The molecule has 1 aliphatic heterocycles. The minimum Gasteiger partial charge on any atom is -0.370 e. The van der Waals surface area contributed by atoms with Crippen molar-refractivity contribution in [2.75, 3.05) is 30.8 Å². The molecule has 2 N–H and O–H groups in total. The molecule has 1 fully saturated rings. The van der Waals surface area contributed by atoms with Crippen molar-refractivity contribution in [3.05, 3.63) is 24.3 Å². The summed E-state index contributed by atoms with van der Waals surface area (Å²) in [6, 6.07) is 7.27. The number of benzene rings is 1. The highest BCUT2D eigenvalue weighted by atomic mass is 32.2. The van der Waals surface area contributed by atoms with Gasteiger partial charge in [-0.3, -0.25) is 0 Å². The van der Waals surface area contributed by atoms with Gasteiger partial charge in [-0.05, 0) is 43.9 Å². The number of hydrogen-bond donors (Lipinski definition) is 1. The quantitative estimate of drug-likeness (QED) is 0.912. The summed E-state index contributed by atoms with van der Waals surface area (Å²) in [6.45, 7) is 2.57. The molecule has 1 saturated heterocycles. The molecule has 0 aromatic heterocycles. The Balaban J connectivity index is 2.16. The SMILES string of the molecule is CS(=O)(=O)c1ccccc1N1CCC(CCN)CC1. The maximum atomic E-state index is 11.8. The zero-order chi connectivity index (χ0) is 13.9. The third kappa shape index (κ3) is 3.48. The average molecular weight is 282 g/mol. The van der Waals surface area contributed by atoms with Crippen LogP contribution in [0.4, 0.5) is 5.69 Å². The van der Waals surface area contributed by atoms with E-state index in [-0.39, 0.29) is 0 Å². The van der Waals surface area contributed by atoms with Crippen molar-refractivity contribution in [3.63, 3.8) is 0 Å². The fraction of sp³-hybridized carbons (Fsp3) is 0.571. The predicted molar refractivity (Wildman–Crippen MR) is 78.2 cm³/mol. The minimum absolute atomic E-state index is 0.437. The van der Waals surface area contributed by atoms with E-state index < -0.39 is 9.84 Å². The summed E-state index contributed by atoms with van der Waals surface area (Å²) in [6.07, 6.45) is 4.53. The molecule has 0 spiro atoms. The monoisotopic (exact) mass is 282 g/mol. The van der Waals surface area contributed by atoms with Gasteiger partial charge in [-0.25, -0.2) is 8.42 Å². The summed E-state index contributed by atoms with van der Waals surface area (Å²) in [7, 11) is -3.17. The van der Waals surface area contributed by atoms with Gasteiger partial charge in [-0.2, -0.15) is 0 Å². The molecule has 1 heterocycles. The smallest absolute Gasteiger partial charge is 0.177 e. The number of sulfone groups is 1. The standard InChI is InChI=1S/C14H22N2O2S/c1-19(17,18)14-5-3-2-4-13(14)16-10-7-12(6-9-15)8-11-16/h2-5,12H,6-11,15H2,1H3. The molecule has 2 rings (SSSR count). The molecular weight excluding hydrogens is 260 g/mol. The van der Waals surface area contributed by atoms with E-state index in [1.54, 1.807) is 12.1 Å². The highest BCUT2D eigenvalue weighted by molar-refractivity contribution is 7.90. The van der Waals surface area contributed by atoms with Gasteiger partial charge in [-0.15, -0.1) is 0 Å². The summed E-state index contributed by atoms with van der Waals surface area (Å²) < 4.78 is 23.6. The van der Waals surface area contributed by atoms with Gasteiger partial charge in [-0.1, -0.05) is 12.1 Å². The second-order valence-corrected chi connectivity index (χ2v) is 7.23. The summed E-state index contributed by atoms with van der Waals surface area (Å²) in [5.74, 6) is 0.687. The van der Waals surface area contributed by atoms with E-state index in [2.05, 4.69) is 4.90 Å². The summed E-state index contributed by atoms with van der Waals surface area (Å²) in [5, 5.41) is 0. The van der Waals surface area contributed by atoms with E-state index in [0.29, 0.717) is 10.8 Å². The first-order chi connectivity index (χ1) is 9.02. The molecule has 5 heteroatoms. The molecule has 1 aromatic rings. The Morgan fingerprint density at radius 2 is 1.89 bits per heavy atom. The third-order valence-electron chi connectivity index (χ3n) is 3.79. The first kappa shape index (κ1) is 14.3. The Bertz CT molecular complexity index is 520. The molecule has 0 amide bonds. The lowest BCUT2D eigenvalue weighted by Gasteiger charge is -2.34. The molecule has 0 radical (unpaired) electrons. The second kappa shape index (κ2) is 5.92. The first-order valence-corrected chi connectivity index (χ1v) is 8.65. The van der Waals surface area contributed by atoms with Gasteiger partial charge in [0.15, 0.2) is 9.84 Å². The van der Waals surface area contributed by atoms with Crippen molar-refractivity contribution in [1.82, 2.24) is 0 Å². The molecule has 0 saturated carbocycles. The van der Waals surface area contributed by atoms with Crippen molar-refractivity contribution in [3.8, 4) is 0 Å². The Hall–Kier alpha value is -1.07. The van der Waals surface area contributed by atoms with Crippen LogP contribution in [0.3, 0.4) is 0 Å². The molecule has 0 unspecified atom stereocenters. The van der Waals surface area contributed by atoms with Gasteiger partial charge in [0.2, 0.25) is 0 Å². The maximum absolute atomic E-state index is 11.8. The number of rotatable bonds is 4. The van der Waals surface area contributed by atoms with E-state index in [4.69, 9.17) is 5.73 Å². The van der Waals surface area contributed by atoms with Crippen LogP contribution in [0, 0.1) is 5.92 Å². The largest absolute Gasteiger partial charge is 0.370 e. The Morgan fingerprint density at radius 3 is 2.47 bits per heavy atom. The van der Waals surface area contributed by atoms with Gasteiger partial charge in [0.25, 0.3) is 0 Å². The average Bonchev–Trinajstić information content (AvgIpc) is 2.39. The summed E-state index contributed by atoms with van der Waals surface area (Å²) in [4.78, 5) is 2.62. The highest BCUT2D eigenvalue weighted by Gasteiger charge is 2.22. The van der Waals surface area contributed by atoms with Gasteiger partial charge in [0.05, 0.1) is 10.6 Å². The maximum Gasteiger partial charge on any atom is 0.177 e. The Kier molecular flexibility index (Phi) is 4.47. The number of anilines is 1. The van der Waals surface area contributed by atoms with Crippen molar-refractivity contribution in [2.45, 2.75) is 24.2 Å². The molecule has 106 valence electrons. The lowest BCUT2D eigenvalue weighted by molar-refractivity contribution is 0.385. The van der Waals surface area contributed by atoms with Crippen LogP contribution >= 0.6 is 0 Å². The van der Waals surface area contributed by atoms with Crippen molar-refractivity contribution in [2.24, 2.45) is 11.7 Å². The van der Waals surface area contributed by atoms with Crippen LogP contribution in [0.5, 0.6) is 0 Å². The number of nitrogens with two attached hydrogens (primary N) is 1. The van der Waals surface area contributed by atoms with Crippen molar-refractivity contribution in [1.29, 1.82) is 0 Å². The van der Waals surface area contributed by atoms with Crippen molar-refractivity contribution < 1.29 is 8.42 Å². The summed E-state index contributed by atoms with van der Waals surface area (Å²) in [5.41, 5.74) is 6.44. The summed E-state index contributed by atoms with van der Waals surface area (Å²) >= 11 is 0. The van der Waals surface area contributed by atoms with Crippen LogP contribution in [-0.2, 0) is 9.84 Å². The normalized spacial score (nSPS) is 17.7. The molecule has 19 heavy (non-hydrogen) atoms. The van der Waals surface area contributed by atoms with Gasteiger partial charge in [0, 0.05) is 19.3 Å². The highest BCUT2D eigenvalue weighted by Crippen LogP contribution is 2.29. The number of para-hydroxylation sites is 1. The van der Waals surface area contributed by atoms with Gasteiger partial charge >= 0.3 is 0 Å². The third-order valence-corrected chi connectivity index (χ3v) is 4.94. The van der Waals surface area contributed by atoms with Gasteiger partial charge < -0.3 is 10.6 Å². The number of nitrogens with zero attached hydrogens (tertiary/aromatic N) is 1. The van der Waals surface area contributed by atoms with Crippen LogP contribution in [-0.4, -0.2) is 34.3 Å². The Morgan fingerprint density at radius 1 is 1.26 bits per heavy atom. The van der Waals surface area contributed by atoms with Crippen molar-refractivity contribution >= 4 is 15.5 Å². The second-order valence-electron chi connectivity index (χ2n) is 5.25. The van der Waals surface area contributed by atoms with E-state index in [1.807, 2.05) is 12.1 Å². The van der Waals surface area contributed by atoms with Crippen LogP contribution in [0.1, 0.15) is 19.3 Å². The van der Waals surface area contributed by atoms with Crippen LogP contribution in [0.15, 0.2) is 29.2 Å². The molecule has 4 nitrogen and oxygen atoms in total. The zero-order valence-corrected chi connectivity index (χ0v) is 12.2. The number of piperidine rings is 1. The van der Waals surface area contributed by atoms with Crippen LogP contribution < -0.4 is 10.6 Å². The predicted octanol–water partition coefficient (Wildman–Crippen LogP) is 1.66. The molecular formula is C14H22N2O2S. The lowest BCUT2D eigenvalue weighted by Crippen LogP contribution is -2.35. The lowest BCUT2D eigenvalue weighted by atomic mass is 9.93. The van der Waals surface area contributed by atoms with E-state index >= 15 is 0 Å². The minimum atomic E-state index is -3.17. The molecule has 0 aliphatic carbocycles. The number of hydrogen-bond acceptors (Lipinski definition) is 4. The Labute approximate surface area is 115 Å². The van der Waals surface area contributed by atoms with E-state index in [1.165, 1.54) is 6.26 Å². The molecule has 0 atom stereocenters. The van der Waals surface area contributed by atoms with E-state index in [0.717, 1.165) is 44.6 Å².